The molecule has 0 bridgehead atoms. The second-order valence-corrected chi connectivity index (χ2v) is 16.4. The number of nitro groups is 1. The van der Waals surface area contributed by atoms with Gasteiger partial charge in [0.1, 0.15) is 56.3 Å². The fraction of sp³-hybridized carbons (Fsp3) is 0.0488. The first kappa shape index (κ1) is 55.1. The monoisotopic (exact) mass is 991 g/mol. The van der Waals surface area contributed by atoms with Gasteiger partial charge in [0, 0.05) is 117 Å². The number of phenols is 2. The van der Waals surface area contributed by atoms with Crippen molar-refractivity contribution in [2.24, 2.45) is 30.7 Å². The molecule has 0 aromatic heterocycles. The summed E-state index contributed by atoms with van der Waals surface area (Å²) in [6.45, 7) is 0. The van der Waals surface area contributed by atoms with E-state index in [1.807, 2.05) is 0 Å². The molecule has 27 heteroatoms. The Bertz CT molecular complexity index is 3490. The first-order valence-corrected chi connectivity index (χ1v) is 21.1. The number of nitrogens with two attached hydrogens (primary N) is 1. The molecule has 0 aliphatic rings. The van der Waals surface area contributed by atoms with Gasteiger partial charge in [0.2, 0.25) is 0 Å². The molecule has 7 aromatic rings. The number of carboxylic acid groups (broad SMARTS) is 1. The third-order valence-corrected chi connectivity index (χ3v) is 11.4. The van der Waals surface area contributed by atoms with Crippen molar-refractivity contribution in [3.8, 4) is 34.1 Å². The number of phenolic OH excluding ortho intramolecular Hbond substituents is 2. The number of nitrogens with zero attached hydrogens (tertiary/aromatic N) is 7. The van der Waals surface area contributed by atoms with Crippen molar-refractivity contribution in [1.29, 1.82) is 0 Å². The third-order valence-electron chi connectivity index (χ3n) is 9.64. The number of carboxylic acids is 1. The summed E-state index contributed by atoms with van der Waals surface area (Å²) in [7, 11) is -6.90. The van der Waals surface area contributed by atoms with Crippen LogP contribution in [0, 0.1) is 10.1 Å². The van der Waals surface area contributed by atoms with E-state index in [0.717, 1.165) is 30.3 Å². The van der Waals surface area contributed by atoms with Crippen molar-refractivity contribution in [1.82, 2.24) is 0 Å². The van der Waals surface area contributed by atoms with Crippen LogP contribution in [0.4, 0.5) is 45.5 Å². The van der Waals surface area contributed by atoms with Crippen LogP contribution in [0.1, 0.15) is 10.4 Å². The number of aromatic hydroxyl groups is 2. The molecular weight excluding hydrogens is 962 g/mol. The number of nitro benzene ring substituents is 1. The minimum absolute atomic E-state index is 0. The standard InChI is InChI=1S/C41H30N8O14S2.3Na/c1-62-34-16-20(3-11-31(34)44-47-38-25-8-7-24(64(56,57)58)15-22(25)5-14-33(38)50)21-4-12-32(35(17-21)63-2)45-48-39-36(65(59,60)61)19-27-26(40(39)51)9-10-29(42)37(27)46-43-30-13-6-23(49(54)55)18-28(30)41(52)53;;;/h3-19,50-51H,42H2,1-2H3,(H,52,53)(H,56,57,58)(H,59,60,61);;;. The molecule has 7 rings (SSSR count). The van der Waals surface area contributed by atoms with Crippen molar-refractivity contribution in [2.75, 3.05) is 20.0 Å². The van der Waals surface area contributed by atoms with Gasteiger partial charge in [-0.3, -0.25) is 19.2 Å². The fourth-order valence-corrected chi connectivity index (χ4v) is 7.62. The van der Waals surface area contributed by atoms with E-state index >= 15 is 0 Å². The SMILES string of the molecule is COc1cc(-c2ccc(N=Nc3c(O)ccc4cc(S(=O)(=O)O)ccc34)c(OC)c2)ccc1N=Nc1c(S(=O)(=O)O)cc2c(N=Nc3ccc([N+](=O)[O-])cc3C(=O)O)c(N)ccc2c1O.[Na].[Na].[Na]. The number of hydrogen-bond acceptors (Lipinski definition) is 18. The van der Waals surface area contributed by atoms with Gasteiger partial charge in [-0.2, -0.15) is 16.8 Å². The normalized spacial score (nSPS) is 11.6. The Morgan fingerprint density at radius 1 is 0.618 bits per heavy atom. The van der Waals surface area contributed by atoms with Gasteiger partial charge in [-0.1, -0.05) is 24.3 Å². The summed E-state index contributed by atoms with van der Waals surface area (Å²) >= 11 is 0. The molecule has 0 saturated carbocycles. The molecule has 22 nitrogen and oxygen atoms in total. The van der Waals surface area contributed by atoms with Gasteiger partial charge < -0.3 is 30.5 Å². The summed E-state index contributed by atoms with van der Waals surface area (Å²) < 4.78 is 79.5. The number of ether oxygens (including phenoxy) is 2. The fourth-order valence-electron chi connectivity index (χ4n) is 6.46. The van der Waals surface area contributed by atoms with Crippen LogP contribution in [0.2, 0.25) is 0 Å². The molecule has 0 atom stereocenters. The zero-order valence-corrected chi connectivity index (χ0v) is 43.9. The van der Waals surface area contributed by atoms with Crippen LogP contribution in [-0.4, -0.2) is 155 Å². The Labute approximate surface area is 451 Å². The summed E-state index contributed by atoms with van der Waals surface area (Å²) in [5.41, 5.74) is 5.15. The Morgan fingerprint density at radius 3 is 1.71 bits per heavy atom. The van der Waals surface area contributed by atoms with E-state index in [1.165, 1.54) is 56.7 Å². The molecule has 7 aromatic carbocycles. The molecule has 0 fully saturated rings. The van der Waals surface area contributed by atoms with Crippen LogP contribution >= 0.6 is 0 Å². The van der Waals surface area contributed by atoms with E-state index in [1.54, 1.807) is 30.3 Å². The Balaban J connectivity index is 0.00000336. The van der Waals surface area contributed by atoms with Gasteiger partial charge in [-0.25, -0.2) is 4.79 Å². The first-order chi connectivity index (χ1) is 30.8. The third kappa shape index (κ3) is 11.7. The zero-order valence-electron chi connectivity index (χ0n) is 36.2. The molecule has 0 aliphatic heterocycles. The molecule has 0 spiro atoms. The van der Waals surface area contributed by atoms with Gasteiger partial charge in [0.05, 0.1) is 35.3 Å². The number of anilines is 1. The molecule has 68 heavy (non-hydrogen) atoms. The number of non-ortho nitro benzene ring substituents is 1. The van der Waals surface area contributed by atoms with Gasteiger partial charge in [0.15, 0.2) is 5.75 Å². The molecular formula is C41H30N8Na3O14S2. The van der Waals surface area contributed by atoms with Crippen molar-refractivity contribution >= 4 is 182 Å². The Hall–Kier alpha value is -5.45. The van der Waals surface area contributed by atoms with Crippen LogP contribution in [0.15, 0.2) is 144 Å². The zero-order chi connectivity index (χ0) is 47.0. The Morgan fingerprint density at radius 2 is 1.16 bits per heavy atom. The summed E-state index contributed by atoms with van der Waals surface area (Å²) in [5, 5.41) is 67.6. The van der Waals surface area contributed by atoms with Gasteiger partial charge in [-0.15, -0.1) is 30.7 Å². The maximum Gasteiger partial charge on any atom is 0.338 e. The van der Waals surface area contributed by atoms with E-state index in [4.69, 9.17) is 15.2 Å². The second-order valence-electron chi connectivity index (χ2n) is 13.6. The van der Waals surface area contributed by atoms with Crippen molar-refractivity contribution in [2.45, 2.75) is 9.79 Å². The molecule has 3 radical (unpaired) electrons. The number of fused-ring (bicyclic) bond motifs is 2. The quantitative estimate of drug-likeness (QED) is 0.0157. The van der Waals surface area contributed by atoms with E-state index in [0.29, 0.717) is 21.9 Å². The Kier molecular flexibility index (Phi) is 18.1. The number of nitrogen functional groups attached to an aromatic ring is 1. The van der Waals surface area contributed by atoms with Crippen LogP contribution in [0.3, 0.4) is 0 Å². The molecule has 0 unspecified atom stereocenters. The summed E-state index contributed by atoms with van der Waals surface area (Å²) in [6, 6.07) is 22.4. The average molecular weight is 992 g/mol. The number of hydrogen-bond donors (Lipinski definition) is 6. The number of benzene rings is 7. The smallest absolute Gasteiger partial charge is 0.338 e. The molecule has 0 heterocycles. The van der Waals surface area contributed by atoms with Crippen LogP contribution in [0.25, 0.3) is 32.7 Å². The number of azo groups is 3. The van der Waals surface area contributed by atoms with Gasteiger partial charge >= 0.3 is 5.97 Å². The largest absolute Gasteiger partial charge is 0.506 e. The topological polar surface area (TPSA) is 348 Å². The van der Waals surface area contributed by atoms with E-state index in [-0.39, 0.29) is 156 Å². The van der Waals surface area contributed by atoms with Crippen LogP contribution in [0.5, 0.6) is 23.0 Å². The summed E-state index contributed by atoms with van der Waals surface area (Å²) in [6.07, 6.45) is 0. The molecule has 0 amide bonds. The van der Waals surface area contributed by atoms with Gasteiger partial charge in [0.25, 0.3) is 25.9 Å². The maximum atomic E-state index is 12.7. The molecule has 0 saturated heterocycles. The minimum atomic E-state index is -5.15. The number of aromatic carboxylic acids is 1. The summed E-state index contributed by atoms with van der Waals surface area (Å²) in [4.78, 5) is 21.0. The van der Waals surface area contributed by atoms with Crippen molar-refractivity contribution < 1.29 is 60.5 Å². The first-order valence-electron chi connectivity index (χ1n) is 18.2. The number of methoxy groups -OCH3 is 2. The second kappa shape index (κ2) is 22.3. The van der Waals surface area contributed by atoms with Crippen LogP contribution < -0.4 is 15.2 Å². The number of carbonyl (C=O) groups is 1. The predicted octanol–water partition coefficient (Wildman–Crippen LogP) is 8.87. The molecule has 7 N–H and O–H groups in total. The minimum Gasteiger partial charge on any atom is -0.506 e. The average Bonchev–Trinajstić information content (AvgIpc) is 3.26. The van der Waals surface area contributed by atoms with Crippen LogP contribution in [-0.2, 0) is 20.2 Å². The van der Waals surface area contributed by atoms with E-state index in [2.05, 4.69) is 30.7 Å². The van der Waals surface area contributed by atoms with Crippen molar-refractivity contribution in [3.05, 3.63) is 119 Å². The number of rotatable bonds is 13. The van der Waals surface area contributed by atoms with Crippen molar-refractivity contribution in [3.63, 3.8) is 0 Å². The maximum absolute atomic E-state index is 12.7. The molecule has 333 valence electrons. The van der Waals surface area contributed by atoms with E-state index < -0.39 is 58.7 Å². The van der Waals surface area contributed by atoms with Gasteiger partial charge in [-0.05, 0) is 83.2 Å². The molecule has 0 aliphatic carbocycles. The predicted molar refractivity (Wildman–Crippen MR) is 250 cm³/mol. The summed E-state index contributed by atoms with van der Waals surface area (Å²) in [5.74, 6) is -2.19. The van der Waals surface area contributed by atoms with E-state index in [9.17, 15) is 56.2 Å².